The summed E-state index contributed by atoms with van der Waals surface area (Å²) in [6.45, 7) is 2.64. The Bertz CT molecular complexity index is 723. The molecule has 3 heterocycles. The number of imidazole rings is 1. The first kappa shape index (κ1) is 11.9. The van der Waals surface area contributed by atoms with Gasteiger partial charge in [-0.2, -0.15) is 9.97 Å². The molecular formula is C12H11ClN6. The fourth-order valence-electron chi connectivity index (χ4n) is 1.81. The van der Waals surface area contributed by atoms with Crippen LogP contribution in [0.4, 0.5) is 5.82 Å². The molecule has 0 aliphatic rings. The number of nitrogens with zero attached hydrogens (tertiary/aromatic N) is 4. The maximum atomic E-state index is 5.87. The Labute approximate surface area is 114 Å². The highest BCUT2D eigenvalue weighted by molar-refractivity contribution is 6.28. The van der Waals surface area contributed by atoms with Gasteiger partial charge in [0.05, 0.1) is 6.33 Å². The number of pyridine rings is 1. The number of halogens is 1. The average Bonchev–Trinajstić information content (AvgIpc) is 2.85. The molecule has 6 nitrogen and oxygen atoms in total. The van der Waals surface area contributed by atoms with Crippen LogP contribution in [0.2, 0.25) is 5.28 Å². The third-order valence-electron chi connectivity index (χ3n) is 2.83. The zero-order valence-electron chi connectivity index (χ0n) is 10.2. The fraction of sp³-hybridized carbons (Fsp3) is 0.167. The molecule has 2 N–H and O–H groups in total. The van der Waals surface area contributed by atoms with Crippen molar-refractivity contribution < 1.29 is 0 Å². The Hall–Kier alpha value is -2.21. The van der Waals surface area contributed by atoms with Crippen molar-refractivity contribution in [1.82, 2.24) is 24.9 Å². The lowest BCUT2D eigenvalue weighted by atomic mass is 10.1. The number of H-pyrrole nitrogens is 1. The van der Waals surface area contributed by atoms with Gasteiger partial charge in [-0.15, -0.1) is 0 Å². The van der Waals surface area contributed by atoms with Gasteiger partial charge < -0.3 is 10.3 Å². The van der Waals surface area contributed by atoms with Gasteiger partial charge in [0.2, 0.25) is 5.28 Å². The van der Waals surface area contributed by atoms with Gasteiger partial charge in [0.25, 0.3) is 0 Å². The van der Waals surface area contributed by atoms with E-state index in [0.29, 0.717) is 23.5 Å². The Balaban J connectivity index is 1.90. The van der Waals surface area contributed by atoms with Crippen molar-refractivity contribution >= 4 is 28.6 Å². The van der Waals surface area contributed by atoms with E-state index in [-0.39, 0.29) is 5.28 Å². The number of hydrogen-bond acceptors (Lipinski definition) is 5. The largest absolute Gasteiger partial charge is 0.364 e. The molecule has 96 valence electrons. The predicted molar refractivity (Wildman–Crippen MR) is 73.0 cm³/mol. The van der Waals surface area contributed by atoms with Crippen molar-refractivity contribution in [3.63, 3.8) is 0 Å². The zero-order valence-corrected chi connectivity index (χ0v) is 10.9. The molecule has 0 aliphatic carbocycles. The molecule has 0 bridgehead atoms. The van der Waals surface area contributed by atoms with Crippen LogP contribution in [0.1, 0.15) is 11.1 Å². The molecule has 7 heteroatoms. The highest BCUT2D eigenvalue weighted by atomic mass is 35.5. The van der Waals surface area contributed by atoms with Crippen molar-refractivity contribution in [2.24, 2.45) is 0 Å². The van der Waals surface area contributed by atoms with E-state index in [1.165, 1.54) is 0 Å². The number of fused-ring (bicyclic) bond motifs is 1. The molecule has 0 saturated carbocycles. The van der Waals surface area contributed by atoms with Crippen LogP contribution in [-0.4, -0.2) is 24.9 Å². The van der Waals surface area contributed by atoms with Crippen LogP contribution in [0, 0.1) is 6.92 Å². The summed E-state index contributed by atoms with van der Waals surface area (Å²) in [5, 5.41) is 3.41. The van der Waals surface area contributed by atoms with Crippen molar-refractivity contribution in [1.29, 1.82) is 0 Å². The van der Waals surface area contributed by atoms with Gasteiger partial charge in [-0.05, 0) is 35.7 Å². The molecule has 0 amide bonds. The van der Waals surface area contributed by atoms with E-state index in [4.69, 9.17) is 11.6 Å². The highest BCUT2D eigenvalue weighted by Crippen LogP contribution is 2.19. The number of anilines is 1. The van der Waals surface area contributed by atoms with E-state index in [9.17, 15) is 0 Å². The second kappa shape index (κ2) is 4.81. The van der Waals surface area contributed by atoms with Gasteiger partial charge in [-0.1, -0.05) is 0 Å². The van der Waals surface area contributed by atoms with Gasteiger partial charge in [-0.25, -0.2) is 4.98 Å². The summed E-state index contributed by atoms with van der Waals surface area (Å²) in [6.07, 6.45) is 5.16. The minimum absolute atomic E-state index is 0.186. The van der Waals surface area contributed by atoms with Crippen LogP contribution in [0.5, 0.6) is 0 Å². The molecule has 0 saturated heterocycles. The molecule has 19 heavy (non-hydrogen) atoms. The molecule has 0 fully saturated rings. The Morgan fingerprint density at radius 3 is 3.11 bits per heavy atom. The highest BCUT2D eigenvalue weighted by Gasteiger charge is 2.09. The second-order valence-electron chi connectivity index (χ2n) is 4.10. The predicted octanol–water partition coefficient (Wildman–Crippen LogP) is 2.32. The Kier molecular flexibility index (Phi) is 3.00. The van der Waals surface area contributed by atoms with Crippen LogP contribution in [0.15, 0.2) is 24.8 Å². The minimum atomic E-state index is 0.186. The molecule has 3 aromatic rings. The van der Waals surface area contributed by atoms with Crippen molar-refractivity contribution in [2.75, 3.05) is 5.32 Å². The number of nitrogens with one attached hydrogen (secondary N) is 2. The van der Waals surface area contributed by atoms with Crippen LogP contribution in [-0.2, 0) is 6.54 Å². The molecule has 0 aromatic carbocycles. The summed E-state index contributed by atoms with van der Waals surface area (Å²) >= 11 is 5.87. The van der Waals surface area contributed by atoms with Gasteiger partial charge in [0.15, 0.2) is 11.5 Å². The fourth-order valence-corrected chi connectivity index (χ4v) is 1.98. The van der Waals surface area contributed by atoms with E-state index in [1.807, 2.05) is 19.2 Å². The topological polar surface area (TPSA) is 79.4 Å². The standard InChI is InChI=1S/C12H11ClN6/c1-7-4-14-3-2-8(7)5-15-10-9-11(17-6-16-9)19-12(13)18-10/h2-4,6H,5H2,1H3,(H2,15,16,17,18,19). The van der Waals surface area contributed by atoms with Crippen LogP contribution in [0.25, 0.3) is 11.2 Å². The smallest absolute Gasteiger partial charge is 0.226 e. The maximum absolute atomic E-state index is 5.87. The summed E-state index contributed by atoms with van der Waals surface area (Å²) in [5.41, 5.74) is 3.56. The first-order valence-electron chi connectivity index (χ1n) is 5.74. The van der Waals surface area contributed by atoms with Gasteiger partial charge in [0.1, 0.15) is 5.52 Å². The lowest BCUT2D eigenvalue weighted by Gasteiger charge is -2.08. The van der Waals surface area contributed by atoms with Crippen LogP contribution < -0.4 is 5.32 Å². The first-order chi connectivity index (χ1) is 9.24. The SMILES string of the molecule is Cc1cnccc1CNc1nc(Cl)nc2[nH]cnc12. The monoisotopic (exact) mass is 274 g/mol. The summed E-state index contributed by atoms with van der Waals surface area (Å²) in [7, 11) is 0. The summed E-state index contributed by atoms with van der Waals surface area (Å²) in [5.74, 6) is 0.618. The Morgan fingerprint density at radius 2 is 2.26 bits per heavy atom. The molecule has 0 radical (unpaired) electrons. The summed E-state index contributed by atoms with van der Waals surface area (Å²) in [6, 6.07) is 1.97. The second-order valence-corrected chi connectivity index (χ2v) is 4.43. The van der Waals surface area contributed by atoms with E-state index in [1.54, 1.807) is 12.5 Å². The van der Waals surface area contributed by atoms with E-state index >= 15 is 0 Å². The van der Waals surface area contributed by atoms with Crippen LogP contribution >= 0.6 is 11.6 Å². The first-order valence-corrected chi connectivity index (χ1v) is 6.12. The normalized spacial score (nSPS) is 10.8. The van der Waals surface area contributed by atoms with Crippen molar-refractivity contribution in [3.8, 4) is 0 Å². The molecule has 3 aromatic heterocycles. The van der Waals surface area contributed by atoms with E-state index < -0.39 is 0 Å². The number of rotatable bonds is 3. The molecule has 0 spiro atoms. The van der Waals surface area contributed by atoms with Gasteiger partial charge in [0, 0.05) is 18.9 Å². The van der Waals surface area contributed by atoms with Crippen molar-refractivity contribution in [3.05, 3.63) is 41.2 Å². The molecule has 3 rings (SSSR count). The lowest BCUT2D eigenvalue weighted by Crippen LogP contribution is -2.04. The average molecular weight is 275 g/mol. The lowest BCUT2D eigenvalue weighted by molar-refractivity contribution is 1.06. The third-order valence-corrected chi connectivity index (χ3v) is 3.00. The summed E-state index contributed by atoms with van der Waals surface area (Å²) < 4.78 is 0. The molecule has 0 aliphatic heterocycles. The maximum Gasteiger partial charge on any atom is 0.226 e. The van der Waals surface area contributed by atoms with Gasteiger partial charge >= 0.3 is 0 Å². The number of aromatic nitrogens is 5. The van der Waals surface area contributed by atoms with Crippen molar-refractivity contribution in [2.45, 2.75) is 13.5 Å². The summed E-state index contributed by atoms with van der Waals surface area (Å²) in [4.78, 5) is 19.4. The van der Waals surface area contributed by atoms with Gasteiger partial charge in [-0.3, -0.25) is 4.98 Å². The quantitative estimate of drug-likeness (QED) is 0.717. The molecule has 0 unspecified atom stereocenters. The molecule has 0 atom stereocenters. The zero-order chi connectivity index (χ0) is 13.2. The number of hydrogen-bond donors (Lipinski definition) is 2. The van der Waals surface area contributed by atoms with Crippen LogP contribution in [0.3, 0.4) is 0 Å². The Morgan fingerprint density at radius 1 is 1.37 bits per heavy atom. The number of aryl methyl sites for hydroxylation is 1. The minimum Gasteiger partial charge on any atom is -0.364 e. The number of aromatic amines is 1. The molecular weight excluding hydrogens is 264 g/mol. The van der Waals surface area contributed by atoms with E-state index in [2.05, 4.69) is 30.2 Å². The third kappa shape index (κ3) is 2.34. The van der Waals surface area contributed by atoms with E-state index in [0.717, 1.165) is 11.1 Å².